The zero-order valence-corrected chi connectivity index (χ0v) is 7.10. The number of nitrogens with two attached hydrogens (primary N) is 1. The van der Waals surface area contributed by atoms with Gasteiger partial charge in [-0.25, -0.2) is 4.98 Å². The fraction of sp³-hybridized carbons (Fsp3) is 0.125. The molecule has 0 bridgehead atoms. The first kappa shape index (κ1) is 7.58. The molecule has 0 fully saturated rings. The Bertz CT molecular complexity index is 408. The molecule has 62 valence electrons. The van der Waals surface area contributed by atoms with Gasteiger partial charge in [-0.15, -0.1) is 0 Å². The SMILES string of the molecule is NCc1cc2c(Cl)nccc2[nH]1. The van der Waals surface area contributed by atoms with Crippen molar-refractivity contribution in [3.05, 3.63) is 29.2 Å². The summed E-state index contributed by atoms with van der Waals surface area (Å²) in [5.41, 5.74) is 7.42. The molecule has 3 nitrogen and oxygen atoms in total. The normalized spacial score (nSPS) is 10.8. The van der Waals surface area contributed by atoms with Crippen LogP contribution in [0.1, 0.15) is 5.69 Å². The van der Waals surface area contributed by atoms with E-state index >= 15 is 0 Å². The molecule has 0 aliphatic heterocycles. The lowest BCUT2D eigenvalue weighted by molar-refractivity contribution is 1.02. The lowest BCUT2D eigenvalue weighted by atomic mass is 10.3. The van der Waals surface area contributed by atoms with Crippen molar-refractivity contribution in [1.82, 2.24) is 9.97 Å². The highest BCUT2D eigenvalue weighted by Gasteiger charge is 2.02. The van der Waals surface area contributed by atoms with Crippen molar-refractivity contribution in [3.63, 3.8) is 0 Å². The molecule has 0 aliphatic carbocycles. The van der Waals surface area contributed by atoms with Gasteiger partial charge in [0.2, 0.25) is 0 Å². The predicted octanol–water partition coefficient (Wildman–Crippen LogP) is 1.67. The molecule has 0 aromatic carbocycles. The van der Waals surface area contributed by atoms with Crippen molar-refractivity contribution in [2.24, 2.45) is 5.73 Å². The van der Waals surface area contributed by atoms with E-state index < -0.39 is 0 Å². The summed E-state index contributed by atoms with van der Waals surface area (Å²) in [5, 5.41) is 1.45. The van der Waals surface area contributed by atoms with E-state index in [1.807, 2.05) is 12.1 Å². The Morgan fingerprint density at radius 1 is 1.58 bits per heavy atom. The van der Waals surface area contributed by atoms with Crippen LogP contribution in [0.15, 0.2) is 18.3 Å². The molecule has 0 saturated carbocycles. The number of halogens is 1. The lowest BCUT2D eigenvalue weighted by Gasteiger charge is -1.89. The van der Waals surface area contributed by atoms with Gasteiger partial charge in [-0.3, -0.25) is 0 Å². The van der Waals surface area contributed by atoms with E-state index in [9.17, 15) is 0 Å². The van der Waals surface area contributed by atoms with Gasteiger partial charge in [0.1, 0.15) is 5.15 Å². The van der Waals surface area contributed by atoms with Crippen LogP contribution >= 0.6 is 11.6 Å². The van der Waals surface area contributed by atoms with E-state index in [0.717, 1.165) is 16.6 Å². The predicted molar refractivity (Wildman–Crippen MR) is 49.0 cm³/mol. The van der Waals surface area contributed by atoms with E-state index in [0.29, 0.717) is 11.7 Å². The van der Waals surface area contributed by atoms with Gasteiger partial charge in [-0.2, -0.15) is 0 Å². The average Bonchev–Trinajstić information content (AvgIpc) is 2.49. The molecule has 2 rings (SSSR count). The number of pyridine rings is 1. The van der Waals surface area contributed by atoms with Gasteiger partial charge in [0, 0.05) is 23.8 Å². The van der Waals surface area contributed by atoms with Crippen molar-refractivity contribution in [2.45, 2.75) is 6.54 Å². The highest BCUT2D eigenvalue weighted by molar-refractivity contribution is 6.34. The maximum atomic E-state index is 5.86. The van der Waals surface area contributed by atoms with Crippen molar-refractivity contribution < 1.29 is 0 Å². The summed E-state index contributed by atoms with van der Waals surface area (Å²) in [6.45, 7) is 0.491. The Labute approximate surface area is 74.5 Å². The summed E-state index contributed by atoms with van der Waals surface area (Å²) in [4.78, 5) is 7.10. The number of hydrogen-bond donors (Lipinski definition) is 2. The van der Waals surface area contributed by atoms with Gasteiger partial charge in [-0.05, 0) is 12.1 Å². The molecule has 0 radical (unpaired) electrons. The van der Waals surface area contributed by atoms with E-state index in [2.05, 4.69) is 9.97 Å². The van der Waals surface area contributed by atoms with Crippen LogP contribution in [0.2, 0.25) is 5.15 Å². The van der Waals surface area contributed by atoms with Gasteiger partial charge >= 0.3 is 0 Å². The minimum Gasteiger partial charge on any atom is -0.357 e. The number of aromatic amines is 1. The molecule has 0 unspecified atom stereocenters. The van der Waals surface area contributed by atoms with Crippen molar-refractivity contribution in [1.29, 1.82) is 0 Å². The Hall–Kier alpha value is -1.06. The lowest BCUT2D eigenvalue weighted by Crippen LogP contribution is -1.94. The number of aromatic nitrogens is 2. The summed E-state index contributed by atoms with van der Waals surface area (Å²) >= 11 is 5.86. The van der Waals surface area contributed by atoms with Crippen molar-refractivity contribution in [2.75, 3.05) is 0 Å². The van der Waals surface area contributed by atoms with Crippen LogP contribution in [0.3, 0.4) is 0 Å². The number of nitrogens with zero attached hydrogens (tertiary/aromatic N) is 1. The minimum atomic E-state index is 0.491. The highest BCUT2D eigenvalue weighted by atomic mass is 35.5. The molecule has 0 spiro atoms. The van der Waals surface area contributed by atoms with E-state index in [-0.39, 0.29) is 0 Å². The first-order valence-electron chi connectivity index (χ1n) is 3.63. The summed E-state index contributed by atoms with van der Waals surface area (Å²) < 4.78 is 0. The highest BCUT2D eigenvalue weighted by Crippen LogP contribution is 2.21. The van der Waals surface area contributed by atoms with Crippen LogP contribution in [0.5, 0.6) is 0 Å². The third-order valence-electron chi connectivity index (χ3n) is 1.78. The third-order valence-corrected chi connectivity index (χ3v) is 2.08. The fourth-order valence-corrected chi connectivity index (χ4v) is 1.40. The van der Waals surface area contributed by atoms with Gasteiger partial charge < -0.3 is 10.7 Å². The topological polar surface area (TPSA) is 54.7 Å². The van der Waals surface area contributed by atoms with Crippen LogP contribution in [0.25, 0.3) is 10.9 Å². The molecule has 0 saturated heterocycles. The molecule has 3 N–H and O–H groups in total. The van der Waals surface area contributed by atoms with Crippen LogP contribution in [-0.4, -0.2) is 9.97 Å². The zero-order valence-electron chi connectivity index (χ0n) is 6.34. The molecule has 4 heteroatoms. The second kappa shape index (κ2) is 2.77. The Morgan fingerprint density at radius 3 is 3.08 bits per heavy atom. The molecule has 2 aromatic rings. The van der Waals surface area contributed by atoms with Gasteiger partial charge in [0.05, 0.1) is 5.52 Å². The summed E-state index contributed by atoms with van der Waals surface area (Å²) in [6.07, 6.45) is 1.67. The average molecular weight is 182 g/mol. The van der Waals surface area contributed by atoms with Crippen LogP contribution in [0, 0.1) is 0 Å². The van der Waals surface area contributed by atoms with Crippen LogP contribution in [0.4, 0.5) is 0 Å². The first-order valence-corrected chi connectivity index (χ1v) is 4.01. The smallest absolute Gasteiger partial charge is 0.138 e. The summed E-state index contributed by atoms with van der Waals surface area (Å²) in [7, 11) is 0. The number of nitrogens with one attached hydrogen (secondary N) is 1. The summed E-state index contributed by atoms with van der Waals surface area (Å²) in [5.74, 6) is 0. The first-order chi connectivity index (χ1) is 5.81. The largest absolute Gasteiger partial charge is 0.357 e. The quantitative estimate of drug-likeness (QED) is 0.658. The molecular weight excluding hydrogens is 174 g/mol. The van der Waals surface area contributed by atoms with E-state index in [1.54, 1.807) is 6.20 Å². The molecule has 0 aliphatic rings. The maximum Gasteiger partial charge on any atom is 0.138 e. The van der Waals surface area contributed by atoms with E-state index in [1.165, 1.54) is 0 Å². The third kappa shape index (κ3) is 1.07. The second-order valence-corrected chi connectivity index (χ2v) is 2.92. The molecule has 0 atom stereocenters. The number of hydrogen-bond acceptors (Lipinski definition) is 2. The van der Waals surface area contributed by atoms with E-state index in [4.69, 9.17) is 17.3 Å². The zero-order chi connectivity index (χ0) is 8.55. The van der Waals surface area contributed by atoms with Crippen molar-refractivity contribution >= 4 is 22.5 Å². The Balaban J connectivity index is 2.74. The molecule has 12 heavy (non-hydrogen) atoms. The van der Waals surface area contributed by atoms with Gasteiger partial charge in [-0.1, -0.05) is 11.6 Å². The second-order valence-electron chi connectivity index (χ2n) is 2.56. The molecule has 2 heterocycles. The minimum absolute atomic E-state index is 0.491. The number of fused-ring (bicyclic) bond motifs is 1. The number of rotatable bonds is 1. The Kier molecular flexibility index (Phi) is 1.75. The van der Waals surface area contributed by atoms with Gasteiger partial charge in [0.15, 0.2) is 0 Å². The van der Waals surface area contributed by atoms with Crippen LogP contribution in [-0.2, 0) is 6.54 Å². The standard InChI is InChI=1S/C8H8ClN3/c9-8-6-3-5(4-10)12-7(6)1-2-11-8/h1-3,12H,4,10H2. The molecular formula is C8H8ClN3. The monoisotopic (exact) mass is 181 g/mol. The summed E-state index contributed by atoms with van der Waals surface area (Å²) in [6, 6.07) is 3.80. The maximum absolute atomic E-state index is 5.86. The van der Waals surface area contributed by atoms with Crippen LogP contribution < -0.4 is 5.73 Å². The van der Waals surface area contributed by atoms with Gasteiger partial charge in [0.25, 0.3) is 0 Å². The Morgan fingerprint density at radius 2 is 2.42 bits per heavy atom. The molecule has 2 aromatic heterocycles. The van der Waals surface area contributed by atoms with Crippen molar-refractivity contribution in [3.8, 4) is 0 Å². The number of H-pyrrole nitrogens is 1. The fourth-order valence-electron chi connectivity index (χ4n) is 1.19. The molecule has 0 amide bonds.